The number of fused-ring (bicyclic) bond motifs is 2. The molecule has 10 heavy (non-hydrogen) atoms. The Morgan fingerprint density at radius 1 is 1.20 bits per heavy atom. The number of rotatable bonds is 0. The van der Waals surface area contributed by atoms with Gasteiger partial charge in [0.2, 0.25) is 0 Å². The van der Waals surface area contributed by atoms with Gasteiger partial charge in [0, 0.05) is 12.1 Å². The summed E-state index contributed by atoms with van der Waals surface area (Å²) in [6.45, 7) is 1.93. The molecule has 2 fully saturated rings. The van der Waals surface area contributed by atoms with E-state index in [0.717, 1.165) is 25.3 Å². The van der Waals surface area contributed by atoms with Crippen LogP contribution in [0.25, 0.3) is 0 Å². The van der Waals surface area contributed by atoms with Crippen molar-refractivity contribution in [2.45, 2.75) is 31.3 Å². The Morgan fingerprint density at radius 2 is 1.80 bits per heavy atom. The van der Waals surface area contributed by atoms with Gasteiger partial charge in [0.25, 0.3) is 0 Å². The molecule has 2 aliphatic rings. The van der Waals surface area contributed by atoms with Crippen LogP contribution >= 0.6 is 0 Å². The molecule has 0 saturated carbocycles. The average molecular weight is 141 g/mol. The Balaban J connectivity index is 2.05. The molecule has 0 amide bonds. The topological polar surface area (TPSA) is 12.5 Å². The molecule has 0 aromatic heterocycles. The first-order valence-electron chi connectivity index (χ1n) is 4.17. The normalized spacial score (nSPS) is 41.7. The van der Waals surface area contributed by atoms with E-state index in [0.29, 0.717) is 0 Å². The lowest BCUT2D eigenvalue weighted by atomic mass is 9.95. The van der Waals surface area contributed by atoms with E-state index in [4.69, 9.17) is 4.74 Å². The van der Waals surface area contributed by atoms with Crippen LogP contribution in [0.1, 0.15) is 19.3 Å². The van der Waals surface area contributed by atoms with E-state index in [2.05, 4.69) is 11.9 Å². The number of hydrogen-bond acceptors (Lipinski definition) is 2. The Morgan fingerprint density at radius 3 is 2.30 bits per heavy atom. The highest BCUT2D eigenvalue weighted by Gasteiger charge is 2.31. The van der Waals surface area contributed by atoms with E-state index in [1.165, 1.54) is 19.3 Å². The quantitative estimate of drug-likeness (QED) is 0.496. The number of hydrogen-bond donors (Lipinski definition) is 0. The minimum absolute atomic E-state index is 0.729. The third kappa shape index (κ3) is 0.956. The molecule has 2 unspecified atom stereocenters. The van der Waals surface area contributed by atoms with Gasteiger partial charge < -0.3 is 4.74 Å². The average Bonchev–Trinajstić information content (AvgIpc) is 1.86. The van der Waals surface area contributed by atoms with Gasteiger partial charge in [0.15, 0.2) is 0 Å². The fraction of sp³-hybridized carbons (Fsp3) is 1.00. The van der Waals surface area contributed by atoms with E-state index in [-0.39, 0.29) is 0 Å². The van der Waals surface area contributed by atoms with Crippen molar-refractivity contribution >= 4 is 0 Å². The van der Waals surface area contributed by atoms with Crippen molar-refractivity contribution in [2.75, 3.05) is 20.3 Å². The molecule has 0 spiro atoms. The van der Waals surface area contributed by atoms with Crippen LogP contribution in [0.4, 0.5) is 0 Å². The lowest BCUT2D eigenvalue weighted by molar-refractivity contribution is -0.0596. The second kappa shape index (κ2) is 2.51. The molecule has 2 bridgehead atoms. The van der Waals surface area contributed by atoms with Crippen LogP contribution in [0.2, 0.25) is 0 Å². The van der Waals surface area contributed by atoms with E-state index in [1.807, 2.05) is 0 Å². The van der Waals surface area contributed by atoms with Crippen LogP contribution in [0, 0.1) is 0 Å². The zero-order valence-electron chi connectivity index (χ0n) is 6.55. The molecule has 0 aliphatic carbocycles. The summed E-state index contributed by atoms with van der Waals surface area (Å²) >= 11 is 0. The third-order valence-electron chi connectivity index (χ3n) is 2.85. The Labute approximate surface area is 62.2 Å². The maximum Gasteiger partial charge on any atom is 0.0622 e. The van der Waals surface area contributed by atoms with Crippen LogP contribution < -0.4 is 0 Å². The van der Waals surface area contributed by atoms with Gasteiger partial charge >= 0.3 is 0 Å². The molecular weight excluding hydrogens is 126 g/mol. The molecule has 2 saturated heterocycles. The summed E-state index contributed by atoms with van der Waals surface area (Å²) in [5.41, 5.74) is 0. The lowest BCUT2D eigenvalue weighted by Crippen LogP contribution is -2.52. The van der Waals surface area contributed by atoms with Gasteiger partial charge in [-0.15, -0.1) is 0 Å². The van der Waals surface area contributed by atoms with Crippen LogP contribution in [0.5, 0.6) is 0 Å². The first-order chi connectivity index (χ1) is 4.88. The molecule has 58 valence electrons. The Bertz CT molecular complexity index is 104. The van der Waals surface area contributed by atoms with Gasteiger partial charge in [-0.25, -0.2) is 0 Å². The number of likely N-dealkylation sites (N-methyl/N-ethyl adjacent to an activating group) is 1. The Hall–Kier alpha value is -0.0800. The molecule has 0 N–H and O–H groups in total. The first-order valence-corrected chi connectivity index (χ1v) is 4.17. The molecule has 2 heterocycles. The number of piperidine rings is 1. The second-order valence-corrected chi connectivity index (χ2v) is 3.44. The third-order valence-corrected chi connectivity index (χ3v) is 2.85. The van der Waals surface area contributed by atoms with Crippen molar-refractivity contribution in [3.05, 3.63) is 0 Å². The summed E-state index contributed by atoms with van der Waals surface area (Å²) < 4.78 is 5.47. The van der Waals surface area contributed by atoms with E-state index < -0.39 is 0 Å². The molecule has 0 aromatic carbocycles. The summed E-state index contributed by atoms with van der Waals surface area (Å²) in [4.78, 5) is 2.49. The van der Waals surface area contributed by atoms with Crippen molar-refractivity contribution in [1.82, 2.24) is 4.90 Å². The lowest BCUT2D eigenvalue weighted by Gasteiger charge is -2.43. The maximum absolute atomic E-state index is 5.47. The molecule has 2 atom stereocenters. The molecule has 2 rings (SSSR count). The van der Waals surface area contributed by atoms with Crippen LogP contribution in [-0.2, 0) is 4.74 Å². The van der Waals surface area contributed by atoms with Crippen molar-refractivity contribution in [3.8, 4) is 0 Å². The predicted molar refractivity (Wildman–Crippen MR) is 40.0 cm³/mol. The smallest absolute Gasteiger partial charge is 0.0622 e. The number of ether oxygens (including phenoxy) is 1. The summed E-state index contributed by atoms with van der Waals surface area (Å²) in [5, 5.41) is 0. The monoisotopic (exact) mass is 141 g/mol. The summed E-state index contributed by atoms with van der Waals surface area (Å²) in [6, 6.07) is 1.46. The maximum atomic E-state index is 5.47. The fourth-order valence-electron chi connectivity index (χ4n) is 2.04. The predicted octanol–water partition coefficient (Wildman–Crippen LogP) is 0.869. The molecule has 0 radical (unpaired) electrons. The summed E-state index contributed by atoms with van der Waals surface area (Å²) in [5.74, 6) is 0. The minimum Gasteiger partial charge on any atom is -0.378 e. The highest BCUT2D eigenvalue weighted by Crippen LogP contribution is 2.24. The minimum atomic E-state index is 0.729. The zero-order chi connectivity index (χ0) is 6.97. The molecular formula is C8H15NO. The van der Waals surface area contributed by atoms with E-state index >= 15 is 0 Å². The molecule has 2 heteroatoms. The largest absolute Gasteiger partial charge is 0.378 e. The number of morpholine rings is 1. The van der Waals surface area contributed by atoms with Crippen LogP contribution in [0.15, 0.2) is 0 Å². The standard InChI is InChI=1S/C8H15NO/c1-9-7-3-2-4-8(9)6-10-5-7/h7-8H,2-6H2,1H3. The molecule has 2 aliphatic heterocycles. The molecule has 2 nitrogen and oxygen atoms in total. The highest BCUT2D eigenvalue weighted by molar-refractivity contribution is 4.85. The van der Waals surface area contributed by atoms with Crippen molar-refractivity contribution in [1.29, 1.82) is 0 Å². The van der Waals surface area contributed by atoms with Crippen molar-refractivity contribution < 1.29 is 4.74 Å². The fourth-order valence-corrected chi connectivity index (χ4v) is 2.04. The van der Waals surface area contributed by atoms with Crippen LogP contribution in [-0.4, -0.2) is 37.2 Å². The van der Waals surface area contributed by atoms with Gasteiger partial charge in [-0.3, -0.25) is 4.90 Å². The Kier molecular flexibility index (Phi) is 1.66. The van der Waals surface area contributed by atoms with E-state index in [1.54, 1.807) is 0 Å². The van der Waals surface area contributed by atoms with E-state index in [9.17, 15) is 0 Å². The van der Waals surface area contributed by atoms with Gasteiger partial charge in [0.05, 0.1) is 13.2 Å². The van der Waals surface area contributed by atoms with Crippen molar-refractivity contribution in [3.63, 3.8) is 0 Å². The summed E-state index contributed by atoms with van der Waals surface area (Å²) in [7, 11) is 2.23. The van der Waals surface area contributed by atoms with Gasteiger partial charge in [0.1, 0.15) is 0 Å². The van der Waals surface area contributed by atoms with Gasteiger partial charge in [-0.05, 0) is 19.9 Å². The number of nitrogens with zero attached hydrogens (tertiary/aromatic N) is 1. The summed E-state index contributed by atoms with van der Waals surface area (Å²) in [6.07, 6.45) is 4.09. The first kappa shape index (κ1) is 6.62. The van der Waals surface area contributed by atoms with Gasteiger partial charge in [-0.1, -0.05) is 6.42 Å². The molecule has 0 aromatic rings. The van der Waals surface area contributed by atoms with Crippen molar-refractivity contribution in [2.24, 2.45) is 0 Å². The zero-order valence-corrected chi connectivity index (χ0v) is 6.55. The highest BCUT2D eigenvalue weighted by atomic mass is 16.5. The van der Waals surface area contributed by atoms with Gasteiger partial charge in [-0.2, -0.15) is 0 Å². The SMILES string of the molecule is CN1C2CCCC1COC2. The van der Waals surface area contributed by atoms with Crippen LogP contribution in [0.3, 0.4) is 0 Å². The second-order valence-electron chi connectivity index (χ2n) is 3.44.